The van der Waals surface area contributed by atoms with Crippen LogP contribution in [0.1, 0.15) is 58.1 Å². The van der Waals surface area contributed by atoms with Crippen LogP contribution in [0.25, 0.3) is 22.3 Å². The Morgan fingerprint density at radius 1 is 1.00 bits per heavy atom. The molecule has 0 amide bonds. The lowest BCUT2D eigenvalue weighted by Gasteiger charge is -2.39. The maximum atomic E-state index is 15.0. The molecular weight excluding hydrogens is 510 g/mol. The molecule has 4 heterocycles. The van der Waals surface area contributed by atoms with Gasteiger partial charge in [0.05, 0.1) is 23.1 Å². The average Bonchev–Trinajstić information content (AvgIpc) is 3.27. The van der Waals surface area contributed by atoms with Crippen molar-refractivity contribution in [2.75, 3.05) is 36.4 Å². The van der Waals surface area contributed by atoms with Crippen LogP contribution >= 0.6 is 0 Å². The summed E-state index contributed by atoms with van der Waals surface area (Å²) in [6, 6.07) is 7.66. The summed E-state index contributed by atoms with van der Waals surface area (Å²) in [7, 11) is 0. The quantitative estimate of drug-likeness (QED) is 0.272. The summed E-state index contributed by atoms with van der Waals surface area (Å²) in [5.41, 5.74) is 3.21. The van der Waals surface area contributed by atoms with Gasteiger partial charge in [-0.25, -0.2) is 28.7 Å². The zero-order valence-corrected chi connectivity index (χ0v) is 24.2. The van der Waals surface area contributed by atoms with E-state index in [0.29, 0.717) is 28.8 Å². The molecule has 0 radical (unpaired) electrons. The van der Waals surface area contributed by atoms with Crippen molar-refractivity contribution in [3.05, 3.63) is 53.6 Å². The van der Waals surface area contributed by atoms with Gasteiger partial charge in [0.2, 0.25) is 5.95 Å². The number of benzene rings is 1. The summed E-state index contributed by atoms with van der Waals surface area (Å²) in [4.78, 5) is 22.6. The fourth-order valence-electron chi connectivity index (χ4n) is 5.97. The number of hydrogen-bond donors (Lipinski definition) is 1. The summed E-state index contributed by atoms with van der Waals surface area (Å²) in [5.74, 6) is 0.294. The molecule has 1 aromatic carbocycles. The van der Waals surface area contributed by atoms with Gasteiger partial charge in [-0.15, -0.1) is 0 Å². The number of aryl methyl sites for hydroxylation is 2. The average molecular weight is 549 g/mol. The SMILES string of the molecule is CCN(CC)C1CCN(c2ccc(Nc3ncc(F)c(-c4cc(F)c5nc(C)n(C(C)C)c5c4)n3)nc2C)CC1. The Bertz CT molecular complexity index is 1500. The van der Waals surface area contributed by atoms with E-state index in [-0.39, 0.29) is 23.2 Å². The number of halogens is 2. The minimum Gasteiger partial charge on any atom is -0.370 e. The smallest absolute Gasteiger partial charge is 0.229 e. The molecule has 0 aliphatic carbocycles. The number of imidazole rings is 1. The van der Waals surface area contributed by atoms with E-state index in [1.807, 2.05) is 38.3 Å². The van der Waals surface area contributed by atoms with Crippen LogP contribution in [-0.2, 0) is 0 Å². The molecule has 0 atom stereocenters. The second kappa shape index (κ2) is 11.4. The first kappa shape index (κ1) is 27.9. The molecule has 1 aliphatic heterocycles. The topological polar surface area (TPSA) is 75.0 Å². The maximum Gasteiger partial charge on any atom is 0.229 e. The third kappa shape index (κ3) is 5.37. The van der Waals surface area contributed by atoms with E-state index in [4.69, 9.17) is 4.98 Å². The summed E-state index contributed by atoms with van der Waals surface area (Å²) in [5, 5.41) is 3.10. The predicted octanol–water partition coefficient (Wildman–Crippen LogP) is 6.42. The van der Waals surface area contributed by atoms with Gasteiger partial charge in [0.1, 0.15) is 22.9 Å². The van der Waals surface area contributed by atoms with Crippen molar-refractivity contribution in [1.29, 1.82) is 0 Å². The minimum atomic E-state index is -0.635. The van der Waals surface area contributed by atoms with Gasteiger partial charge in [-0.3, -0.25) is 0 Å². The van der Waals surface area contributed by atoms with Gasteiger partial charge >= 0.3 is 0 Å². The van der Waals surface area contributed by atoms with Gasteiger partial charge in [0.15, 0.2) is 11.6 Å². The molecule has 4 aromatic rings. The zero-order chi connectivity index (χ0) is 28.6. The number of aromatic nitrogens is 5. The van der Waals surface area contributed by atoms with Crippen molar-refractivity contribution in [3.8, 4) is 11.3 Å². The molecule has 10 heteroatoms. The molecule has 0 spiro atoms. The summed E-state index contributed by atoms with van der Waals surface area (Å²) < 4.78 is 31.9. The predicted molar refractivity (Wildman–Crippen MR) is 156 cm³/mol. The number of piperidine rings is 1. The fraction of sp³-hybridized carbons (Fsp3) is 0.467. The monoisotopic (exact) mass is 548 g/mol. The first-order valence-electron chi connectivity index (χ1n) is 14.1. The van der Waals surface area contributed by atoms with Gasteiger partial charge in [0, 0.05) is 30.7 Å². The molecule has 1 N–H and O–H groups in total. The molecule has 8 nitrogen and oxygen atoms in total. The van der Waals surface area contributed by atoms with Crippen LogP contribution in [0, 0.1) is 25.5 Å². The van der Waals surface area contributed by atoms with Crippen molar-refractivity contribution in [2.45, 2.75) is 66.5 Å². The number of anilines is 3. The molecule has 5 rings (SSSR count). The lowest BCUT2D eigenvalue weighted by Crippen LogP contribution is -2.45. The standard InChI is InChI=1S/C30H38F2N8/c1-7-38(8-2)22-11-13-39(14-12-22)25-9-10-27(34-19(25)5)36-30-33-17-24(32)28(37-30)21-15-23(31)29-26(16-21)40(18(3)4)20(6)35-29/h9-10,15-18,22H,7-8,11-14H2,1-6H3,(H,33,34,36,37). The lowest BCUT2D eigenvalue weighted by atomic mass is 10.0. The summed E-state index contributed by atoms with van der Waals surface area (Å²) >= 11 is 0. The Morgan fingerprint density at radius 3 is 2.38 bits per heavy atom. The molecule has 1 saturated heterocycles. The number of hydrogen-bond acceptors (Lipinski definition) is 7. The van der Waals surface area contributed by atoms with Crippen LogP contribution < -0.4 is 10.2 Å². The highest BCUT2D eigenvalue weighted by atomic mass is 19.1. The Labute approximate surface area is 234 Å². The lowest BCUT2D eigenvalue weighted by molar-refractivity contribution is 0.186. The van der Waals surface area contributed by atoms with Gasteiger partial charge < -0.3 is 19.7 Å². The van der Waals surface area contributed by atoms with Crippen molar-refractivity contribution < 1.29 is 8.78 Å². The maximum absolute atomic E-state index is 15.0. The molecule has 3 aromatic heterocycles. The van der Waals surface area contributed by atoms with Crippen LogP contribution in [0.3, 0.4) is 0 Å². The second-order valence-corrected chi connectivity index (χ2v) is 10.7. The first-order chi connectivity index (χ1) is 19.2. The van der Waals surface area contributed by atoms with E-state index < -0.39 is 11.6 Å². The van der Waals surface area contributed by atoms with Gasteiger partial charge in [-0.2, -0.15) is 0 Å². The number of fused-ring (bicyclic) bond motifs is 1. The number of pyridine rings is 1. The highest BCUT2D eigenvalue weighted by Crippen LogP contribution is 2.31. The normalized spacial score (nSPS) is 14.6. The van der Waals surface area contributed by atoms with Crippen LogP contribution in [0.15, 0.2) is 30.5 Å². The number of nitrogens with one attached hydrogen (secondary N) is 1. The highest BCUT2D eigenvalue weighted by Gasteiger charge is 2.24. The number of rotatable bonds is 8. The molecule has 0 unspecified atom stereocenters. The van der Waals surface area contributed by atoms with Crippen LogP contribution in [0.4, 0.5) is 26.2 Å². The third-order valence-corrected chi connectivity index (χ3v) is 7.89. The van der Waals surface area contributed by atoms with Crippen molar-refractivity contribution in [1.82, 2.24) is 29.4 Å². The van der Waals surface area contributed by atoms with E-state index in [1.54, 1.807) is 6.07 Å². The largest absolute Gasteiger partial charge is 0.370 e. The fourth-order valence-corrected chi connectivity index (χ4v) is 5.97. The van der Waals surface area contributed by atoms with Crippen molar-refractivity contribution in [3.63, 3.8) is 0 Å². The van der Waals surface area contributed by atoms with Crippen molar-refractivity contribution in [2.24, 2.45) is 0 Å². The van der Waals surface area contributed by atoms with Gasteiger partial charge in [0.25, 0.3) is 0 Å². The zero-order valence-electron chi connectivity index (χ0n) is 24.2. The summed E-state index contributed by atoms with van der Waals surface area (Å²) in [6.07, 6.45) is 3.37. The Balaban J connectivity index is 1.37. The van der Waals surface area contributed by atoms with E-state index in [2.05, 4.69) is 50.0 Å². The van der Waals surface area contributed by atoms with Crippen LogP contribution in [0.2, 0.25) is 0 Å². The minimum absolute atomic E-state index is 0.0110. The molecule has 40 heavy (non-hydrogen) atoms. The first-order valence-corrected chi connectivity index (χ1v) is 14.1. The van der Waals surface area contributed by atoms with Crippen molar-refractivity contribution >= 4 is 28.5 Å². The van der Waals surface area contributed by atoms with E-state index in [1.165, 1.54) is 6.07 Å². The molecule has 1 fully saturated rings. The molecular formula is C30H38F2N8. The number of nitrogens with zero attached hydrogens (tertiary/aromatic N) is 7. The second-order valence-electron chi connectivity index (χ2n) is 10.7. The van der Waals surface area contributed by atoms with Crippen LogP contribution in [-0.4, -0.2) is 61.6 Å². The summed E-state index contributed by atoms with van der Waals surface area (Å²) in [6.45, 7) is 16.4. The Morgan fingerprint density at radius 2 is 1.73 bits per heavy atom. The molecule has 0 bridgehead atoms. The van der Waals surface area contributed by atoms with Gasteiger partial charge in [-0.05, 0) is 77.9 Å². The van der Waals surface area contributed by atoms with E-state index in [9.17, 15) is 4.39 Å². The van der Waals surface area contributed by atoms with E-state index >= 15 is 4.39 Å². The Hall–Kier alpha value is -3.66. The Kier molecular flexibility index (Phi) is 7.98. The highest BCUT2D eigenvalue weighted by molar-refractivity contribution is 5.83. The molecule has 1 aliphatic rings. The van der Waals surface area contributed by atoms with Crippen LogP contribution in [0.5, 0.6) is 0 Å². The van der Waals surface area contributed by atoms with E-state index in [0.717, 1.165) is 56.6 Å². The van der Waals surface area contributed by atoms with Gasteiger partial charge in [-0.1, -0.05) is 13.8 Å². The molecule has 0 saturated carbocycles. The third-order valence-electron chi connectivity index (χ3n) is 7.89. The molecule has 212 valence electrons.